The van der Waals surface area contributed by atoms with Crippen molar-refractivity contribution in [2.75, 3.05) is 13.2 Å². The van der Waals surface area contributed by atoms with Gasteiger partial charge < -0.3 is 9.47 Å². The Morgan fingerprint density at radius 3 is 2.53 bits per heavy atom. The molecule has 3 nitrogen and oxygen atoms in total. The molecule has 1 aliphatic heterocycles. The molecule has 19 heavy (non-hydrogen) atoms. The van der Waals surface area contributed by atoms with Gasteiger partial charge in [0.1, 0.15) is 0 Å². The second-order valence-electron chi connectivity index (χ2n) is 6.46. The zero-order valence-electron chi connectivity index (χ0n) is 12.4. The monoisotopic (exact) mass is 266 g/mol. The molecule has 1 heterocycles. The Morgan fingerprint density at radius 2 is 1.95 bits per heavy atom. The van der Waals surface area contributed by atoms with Crippen LogP contribution in [0.3, 0.4) is 0 Å². The number of carbonyl (C=O) groups is 1. The molecule has 0 saturated carbocycles. The fraction of sp³-hybridized carbons (Fsp3) is 0.812. The summed E-state index contributed by atoms with van der Waals surface area (Å²) >= 11 is 0. The predicted octanol–water partition coefficient (Wildman–Crippen LogP) is 3.34. The lowest BCUT2D eigenvalue weighted by molar-refractivity contribution is -0.182. The molecule has 1 aliphatic carbocycles. The van der Waals surface area contributed by atoms with Gasteiger partial charge in [-0.05, 0) is 30.3 Å². The van der Waals surface area contributed by atoms with Crippen LogP contribution in [0.2, 0.25) is 0 Å². The van der Waals surface area contributed by atoms with E-state index in [1.165, 1.54) is 0 Å². The molecular formula is C16H26O3. The molecule has 2 rings (SSSR count). The molecule has 2 aliphatic rings. The first-order chi connectivity index (χ1) is 9.01. The summed E-state index contributed by atoms with van der Waals surface area (Å²) < 4.78 is 11.8. The Kier molecular flexibility index (Phi) is 4.80. The van der Waals surface area contributed by atoms with E-state index >= 15 is 0 Å². The van der Waals surface area contributed by atoms with E-state index in [1.54, 1.807) is 6.08 Å². The van der Waals surface area contributed by atoms with Crippen LogP contribution < -0.4 is 0 Å². The molecule has 3 heteroatoms. The summed E-state index contributed by atoms with van der Waals surface area (Å²) in [5, 5.41) is 0. The smallest absolute Gasteiger partial charge is 0.169 e. The minimum Gasteiger partial charge on any atom is -0.348 e. The van der Waals surface area contributed by atoms with Crippen LogP contribution in [0.5, 0.6) is 0 Å². The van der Waals surface area contributed by atoms with Crippen molar-refractivity contribution in [2.24, 2.45) is 17.8 Å². The summed E-state index contributed by atoms with van der Waals surface area (Å²) in [6.07, 6.45) is 7.25. The molecule has 0 bridgehead atoms. The zero-order valence-corrected chi connectivity index (χ0v) is 12.4. The third kappa shape index (κ3) is 3.90. The van der Waals surface area contributed by atoms with Crippen LogP contribution in [0.15, 0.2) is 12.2 Å². The molecule has 2 atom stereocenters. The van der Waals surface area contributed by atoms with Crippen molar-refractivity contribution in [2.45, 2.75) is 52.2 Å². The van der Waals surface area contributed by atoms with E-state index < -0.39 is 5.79 Å². The van der Waals surface area contributed by atoms with Crippen LogP contribution in [0, 0.1) is 17.8 Å². The van der Waals surface area contributed by atoms with Crippen molar-refractivity contribution < 1.29 is 14.3 Å². The number of ketones is 1. The summed E-state index contributed by atoms with van der Waals surface area (Å²) in [5.41, 5.74) is 0. The molecule has 0 N–H and O–H groups in total. The average Bonchev–Trinajstić information content (AvgIpc) is 2.76. The number of rotatable bonds is 5. The topological polar surface area (TPSA) is 35.5 Å². The van der Waals surface area contributed by atoms with E-state index in [9.17, 15) is 4.79 Å². The lowest BCUT2D eigenvalue weighted by Crippen LogP contribution is -2.36. The minimum atomic E-state index is -0.405. The van der Waals surface area contributed by atoms with Gasteiger partial charge in [-0.1, -0.05) is 26.8 Å². The van der Waals surface area contributed by atoms with Gasteiger partial charge in [-0.3, -0.25) is 4.79 Å². The molecule has 0 unspecified atom stereocenters. The van der Waals surface area contributed by atoms with Gasteiger partial charge in [-0.15, -0.1) is 0 Å². The second-order valence-corrected chi connectivity index (χ2v) is 6.46. The van der Waals surface area contributed by atoms with E-state index in [-0.39, 0.29) is 5.78 Å². The van der Waals surface area contributed by atoms with E-state index in [4.69, 9.17) is 9.47 Å². The molecule has 0 aromatic carbocycles. The number of allylic oxidation sites excluding steroid dienone is 2. The van der Waals surface area contributed by atoms with E-state index in [2.05, 4.69) is 20.8 Å². The van der Waals surface area contributed by atoms with Gasteiger partial charge in [0.05, 0.1) is 13.2 Å². The van der Waals surface area contributed by atoms with E-state index in [0.29, 0.717) is 37.4 Å². The largest absolute Gasteiger partial charge is 0.348 e. The highest BCUT2D eigenvalue weighted by atomic mass is 16.7. The Hall–Kier alpha value is -0.670. The fourth-order valence-electron chi connectivity index (χ4n) is 3.31. The fourth-order valence-corrected chi connectivity index (χ4v) is 3.31. The third-order valence-electron chi connectivity index (χ3n) is 4.18. The summed E-state index contributed by atoms with van der Waals surface area (Å²) in [7, 11) is 0. The van der Waals surface area contributed by atoms with Crippen molar-refractivity contribution in [3.05, 3.63) is 12.2 Å². The Morgan fingerprint density at radius 1 is 1.26 bits per heavy atom. The number of hydrogen-bond acceptors (Lipinski definition) is 3. The van der Waals surface area contributed by atoms with Gasteiger partial charge in [-0.25, -0.2) is 0 Å². The first-order valence-electron chi connectivity index (χ1n) is 7.48. The van der Waals surface area contributed by atoms with Crippen LogP contribution in [0.4, 0.5) is 0 Å². The maximum Gasteiger partial charge on any atom is 0.169 e. The molecule has 0 aromatic rings. The quantitative estimate of drug-likeness (QED) is 0.765. The molecular weight excluding hydrogens is 240 g/mol. The lowest BCUT2D eigenvalue weighted by Gasteiger charge is -2.34. The van der Waals surface area contributed by atoms with Crippen LogP contribution in [-0.4, -0.2) is 24.8 Å². The number of hydrogen-bond donors (Lipinski definition) is 0. The summed E-state index contributed by atoms with van der Waals surface area (Å²) in [6.45, 7) is 8.02. The lowest BCUT2D eigenvalue weighted by atomic mass is 9.79. The first-order valence-corrected chi connectivity index (χ1v) is 7.48. The van der Waals surface area contributed by atoms with Crippen LogP contribution in [0.1, 0.15) is 46.5 Å². The minimum absolute atomic E-state index is 0.259. The number of carbonyl (C=O) groups excluding carboxylic acids is 1. The van der Waals surface area contributed by atoms with Crippen molar-refractivity contribution in [3.63, 3.8) is 0 Å². The molecule has 1 saturated heterocycles. The van der Waals surface area contributed by atoms with Crippen molar-refractivity contribution in [1.29, 1.82) is 0 Å². The molecule has 0 aromatic heterocycles. The van der Waals surface area contributed by atoms with Gasteiger partial charge in [0.25, 0.3) is 0 Å². The van der Waals surface area contributed by atoms with Crippen LogP contribution in [0.25, 0.3) is 0 Å². The Bertz CT molecular complexity index is 340. The standard InChI is InChI=1S/C16H26O3/c1-12(2)10-16(18-7-8-19-16)11-13(3)14-5-4-6-15(17)9-14/h4,6,12-14H,5,7-11H2,1-3H3/t13-,14-/m1/s1. The van der Waals surface area contributed by atoms with Crippen LogP contribution in [-0.2, 0) is 14.3 Å². The van der Waals surface area contributed by atoms with Crippen molar-refractivity contribution >= 4 is 5.78 Å². The molecule has 0 spiro atoms. The molecule has 0 radical (unpaired) electrons. The average molecular weight is 266 g/mol. The maximum absolute atomic E-state index is 11.5. The van der Waals surface area contributed by atoms with Crippen molar-refractivity contribution in [3.8, 4) is 0 Å². The highest BCUT2D eigenvalue weighted by molar-refractivity contribution is 5.90. The molecule has 0 amide bonds. The Labute approximate surface area is 116 Å². The highest BCUT2D eigenvalue weighted by Gasteiger charge is 2.40. The Balaban J connectivity index is 1.97. The normalized spacial score (nSPS) is 28.0. The van der Waals surface area contributed by atoms with Gasteiger partial charge in [-0.2, -0.15) is 0 Å². The van der Waals surface area contributed by atoms with E-state index in [1.807, 2.05) is 6.08 Å². The molecule has 1 fully saturated rings. The zero-order chi connectivity index (χ0) is 13.9. The van der Waals surface area contributed by atoms with Crippen molar-refractivity contribution in [1.82, 2.24) is 0 Å². The highest BCUT2D eigenvalue weighted by Crippen LogP contribution is 2.38. The van der Waals surface area contributed by atoms with E-state index in [0.717, 1.165) is 19.3 Å². The van der Waals surface area contributed by atoms with Gasteiger partial charge in [0.2, 0.25) is 0 Å². The van der Waals surface area contributed by atoms with Gasteiger partial charge >= 0.3 is 0 Å². The predicted molar refractivity (Wildman–Crippen MR) is 74.7 cm³/mol. The number of ether oxygens (including phenoxy) is 2. The summed E-state index contributed by atoms with van der Waals surface area (Å²) in [5.74, 6) is 1.30. The second kappa shape index (κ2) is 6.19. The SMILES string of the molecule is CC(C)CC1(C[C@@H](C)[C@@H]2CC=CC(=O)C2)OCCO1. The van der Waals surface area contributed by atoms with Crippen LogP contribution >= 0.6 is 0 Å². The van der Waals surface area contributed by atoms with Gasteiger partial charge in [0.15, 0.2) is 11.6 Å². The summed E-state index contributed by atoms with van der Waals surface area (Å²) in [6, 6.07) is 0. The van der Waals surface area contributed by atoms with Gasteiger partial charge in [0, 0.05) is 19.3 Å². The third-order valence-corrected chi connectivity index (χ3v) is 4.18. The summed E-state index contributed by atoms with van der Waals surface area (Å²) in [4.78, 5) is 11.5. The maximum atomic E-state index is 11.5. The molecule has 108 valence electrons. The first kappa shape index (κ1) is 14.7.